The minimum atomic E-state index is -0.257. The average Bonchev–Trinajstić information content (AvgIpc) is 3.08. The predicted molar refractivity (Wildman–Crippen MR) is 99.6 cm³/mol. The number of hydrazine groups is 1. The number of aromatic amines is 1. The van der Waals surface area contributed by atoms with Gasteiger partial charge in [-0.2, -0.15) is 0 Å². The molecule has 134 valence electrons. The summed E-state index contributed by atoms with van der Waals surface area (Å²) in [6.07, 6.45) is 2.90. The van der Waals surface area contributed by atoms with Crippen LogP contribution < -0.4 is 15.6 Å². The van der Waals surface area contributed by atoms with E-state index in [1.54, 1.807) is 7.11 Å². The summed E-state index contributed by atoms with van der Waals surface area (Å²) >= 11 is 0. The molecule has 3 N–H and O–H groups in total. The highest BCUT2D eigenvalue weighted by atomic mass is 16.5. The van der Waals surface area contributed by atoms with Crippen molar-refractivity contribution in [2.45, 2.75) is 19.3 Å². The van der Waals surface area contributed by atoms with Gasteiger partial charge in [-0.25, -0.2) is 0 Å². The number of ether oxygens (including phenoxy) is 1. The number of rotatable bonds is 6. The van der Waals surface area contributed by atoms with Crippen LogP contribution in [-0.2, 0) is 22.4 Å². The second-order valence-electron chi connectivity index (χ2n) is 5.98. The third kappa shape index (κ3) is 4.42. The number of fused-ring (bicyclic) bond motifs is 1. The van der Waals surface area contributed by atoms with Gasteiger partial charge in [0.1, 0.15) is 5.75 Å². The number of hydrogen-bond donors (Lipinski definition) is 3. The van der Waals surface area contributed by atoms with Gasteiger partial charge in [-0.3, -0.25) is 20.4 Å². The highest BCUT2D eigenvalue weighted by molar-refractivity contribution is 5.89. The maximum absolute atomic E-state index is 12.0. The fourth-order valence-corrected chi connectivity index (χ4v) is 2.75. The Morgan fingerprint density at radius 2 is 1.73 bits per heavy atom. The Hall–Kier alpha value is -3.28. The molecule has 1 aromatic heterocycles. The summed E-state index contributed by atoms with van der Waals surface area (Å²) in [7, 11) is 1.61. The molecule has 6 nitrogen and oxygen atoms in total. The van der Waals surface area contributed by atoms with Crippen molar-refractivity contribution in [1.29, 1.82) is 0 Å². The van der Waals surface area contributed by atoms with E-state index in [1.807, 2.05) is 54.7 Å². The van der Waals surface area contributed by atoms with Crippen molar-refractivity contribution in [1.82, 2.24) is 15.8 Å². The lowest BCUT2D eigenvalue weighted by Crippen LogP contribution is -2.42. The van der Waals surface area contributed by atoms with E-state index in [1.165, 1.54) is 0 Å². The van der Waals surface area contributed by atoms with Gasteiger partial charge in [0.05, 0.1) is 13.5 Å². The average molecular weight is 351 g/mol. The molecule has 0 spiro atoms. The molecule has 6 heteroatoms. The van der Waals surface area contributed by atoms with E-state index < -0.39 is 0 Å². The van der Waals surface area contributed by atoms with Crippen LogP contribution in [0.1, 0.15) is 17.5 Å². The molecule has 0 aliphatic carbocycles. The first kappa shape index (κ1) is 17.5. The van der Waals surface area contributed by atoms with Crippen LogP contribution in [-0.4, -0.2) is 23.9 Å². The third-order valence-corrected chi connectivity index (χ3v) is 4.17. The second kappa shape index (κ2) is 8.20. The van der Waals surface area contributed by atoms with E-state index in [9.17, 15) is 9.59 Å². The normalized spacial score (nSPS) is 10.5. The van der Waals surface area contributed by atoms with Gasteiger partial charge in [0.15, 0.2) is 0 Å². The van der Waals surface area contributed by atoms with Gasteiger partial charge in [0, 0.05) is 23.5 Å². The number of hydrogen-bond acceptors (Lipinski definition) is 3. The fraction of sp³-hybridized carbons (Fsp3) is 0.200. The van der Waals surface area contributed by atoms with Crippen molar-refractivity contribution in [3.05, 3.63) is 65.9 Å². The molecule has 0 aliphatic heterocycles. The first-order chi connectivity index (χ1) is 12.7. The number of aryl methyl sites for hydroxylation is 1. The first-order valence-corrected chi connectivity index (χ1v) is 8.41. The molecule has 0 saturated carbocycles. The van der Waals surface area contributed by atoms with Crippen molar-refractivity contribution in [3.8, 4) is 5.75 Å². The molecule has 3 rings (SSSR count). The molecule has 3 aromatic rings. The Kier molecular flexibility index (Phi) is 5.53. The summed E-state index contributed by atoms with van der Waals surface area (Å²) in [5.41, 5.74) is 7.84. The Bertz CT molecular complexity index is 900. The highest BCUT2D eigenvalue weighted by Gasteiger charge is 2.09. The van der Waals surface area contributed by atoms with Crippen molar-refractivity contribution < 1.29 is 14.3 Å². The Morgan fingerprint density at radius 3 is 2.50 bits per heavy atom. The van der Waals surface area contributed by atoms with Gasteiger partial charge in [0.2, 0.25) is 11.8 Å². The molecule has 0 fully saturated rings. The van der Waals surface area contributed by atoms with Crippen molar-refractivity contribution in [2.75, 3.05) is 7.11 Å². The number of para-hydroxylation sites is 1. The van der Waals surface area contributed by atoms with Gasteiger partial charge < -0.3 is 9.72 Å². The zero-order chi connectivity index (χ0) is 18.4. The van der Waals surface area contributed by atoms with Crippen molar-refractivity contribution >= 4 is 22.7 Å². The fourth-order valence-electron chi connectivity index (χ4n) is 2.75. The maximum Gasteiger partial charge on any atom is 0.242 e. The van der Waals surface area contributed by atoms with Gasteiger partial charge in [-0.05, 0) is 35.7 Å². The molecule has 2 aromatic carbocycles. The number of carbonyl (C=O) groups is 2. The van der Waals surface area contributed by atoms with E-state index in [0.717, 1.165) is 27.8 Å². The largest absolute Gasteiger partial charge is 0.497 e. The highest BCUT2D eigenvalue weighted by Crippen LogP contribution is 2.17. The van der Waals surface area contributed by atoms with Crippen LogP contribution in [0.25, 0.3) is 10.9 Å². The van der Waals surface area contributed by atoms with E-state index >= 15 is 0 Å². The number of aromatic nitrogens is 1. The Morgan fingerprint density at radius 1 is 1.00 bits per heavy atom. The monoisotopic (exact) mass is 351 g/mol. The lowest BCUT2D eigenvalue weighted by atomic mass is 10.1. The van der Waals surface area contributed by atoms with E-state index in [2.05, 4.69) is 15.8 Å². The number of nitrogens with one attached hydrogen (secondary N) is 3. The molecule has 0 bridgehead atoms. The summed E-state index contributed by atoms with van der Waals surface area (Å²) in [6, 6.07) is 15.3. The third-order valence-electron chi connectivity index (χ3n) is 4.17. The Labute approximate surface area is 151 Å². The quantitative estimate of drug-likeness (QED) is 0.597. The predicted octanol–water partition coefficient (Wildman–Crippen LogP) is 2.50. The van der Waals surface area contributed by atoms with Crippen LogP contribution in [0, 0.1) is 0 Å². The molecule has 1 heterocycles. The minimum Gasteiger partial charge on any atom is -0.497 e. The topological polar surface area (TPSA) is 83.2 Å². The number of carbonyl (C=O) groups excluding carboxylic acids is 2. The number of H-pyrrole nitrogens is 1. The smallest absolute Gasteiger partial charge is 0.242 e. The zero-order valence-corrected chi connectivity index (χ0v) is 14.5. The first-order valence-electron chi connectivity index (χ1n) is 8.41. The van der Waals surface area contributed by atoms with E-state index in [-0.39, 0.29) is 18.2 Å². The molecule has 2 amide bonds. The molecule has 0 radical (unpaired) electrons. The standard InChI is InChI=1S/C20H21N3O3/c1-26-16-9-6-14(7-10-16)8-11-19(24)22-23-20(25)12-15-13-21-18-5-3-2-4-17(15)18/h2-7,9-10,13,21H,8,11-12H2,1H3,(H,22,24)(H,23,25). The van der Waals surface area contributed by atoms with Crippen LogP contribution in [0.3, 0.4) is 0 Å². The van der Waals surface area contributed by atoms with E-state index in [4.69, 9.17) is 4.74 Å². The SMILES string of the molecule is COc1ccc(CCC(=O)NNC(=O)Cc2c[nH]c3ccccc23)cc1. The summed E-state index contributed by atoms with van der Waals surface area (Å²) in [6.45, 7) is 0. The van der Waals surface area contributed by atoms with Crippen molar-refractivity contribution in [2.24, 2.45) is 0 Å². The molecule has 0 aliphatic rings. The maximum atomic E-state index is 12.0. The van der Waals surface area contributed by atoms with Gasteiger partial charge >= 0.3 is 0 Å². The van der Waals surface area contributed by atoms with Gasteiger partial charge in [0.25, 0.3) is 0 Å². The summed E-state index contributed by atoms with van der Waals surface area (Å²) in [4.78, 5) is 27.1. The van der Waals surface area contributed by atoms with Crippen LogP contribution >= 0.6 is 0 Å². The minimum absolute atomic E-state index is 0.197. The van der Waals surface area contributed by atoms with Crippen LogP contribution in [0.5, 0.6) is 5.75 Å². The molecule has 0 saturated heterocycles. The molecule has 0 unspecified atom stereocenters. The lowest BCUT2D eigenvalue weighted by molar-refractivity contribution is -0.128. The van der Waals surface area contributed by atoms with Crippen LogP contribution in [0.15, 0.2) is 54.7 Å². The molecular formula is C20H21N3O3. The number of methoxy groups -OCH3 is 1. The molecule has 26 heavy (non-hydrogen) atoms. The van der Waals surface area contributed by atoms with Gasteiger partial charge in [-0.1, -0.05) is 30.3 Å². The van der Waals surface area contributed by atoms with Crippen LogP contribution in [0.4, 0.5) is 0 Å². The Balaban J connectivity index is 1.44. The lowest BCUT2D eigenvalue weighted by Gasteiger charge is -2.07. The number of amides is 2. The van der Waals surface area contributed by atoms with Crippen LogP contribution in [0.2, 0.25) is 0 Å². The van der Waals surface area contributed by atoms with E-state index in [0.29, 0.717) is 12.8 Å². The summed E-state index contributed by atoms with van der Waals surface area (Å²) in [5, 5.41) is 1.01. The zero-order valence-electron chi connectivity index (χ0n) is 14.5. The van der Waals surface area contributed by atoms with Crippen molar-refractivity contribution in [3.63, 3.8) is 0 Å². The summed E-state index contributed by atoms with van der Waals surface area (Å²) in [5.74, 6) is 0.295. The van der Waals surface area contributed by atoms with Gasteiger partial charge in [-0.15, -0.1) is 0 Å². The second-order valence-corrected chi connectivity index (χ2v) is 5.98. The molecule has 0 atom stereocenters. The number of benzene rings is 2. The molecular weight excluding hydrogens is 330 g/mol. The summed E-state index contributed by atoms with van der Waals surface area (Å²) < 4.78 is 5.10.